The molecule has 1 aliphatic heterocycles. The van der Waals surface area contributed by atoms with Crippen molar-refractivity contribution in [2.24, 2.45) is 0 Å². The molecule has 0 saturated carbocycles. The Hall–Kier alpha value is -1.26. The van der Waals surface area contributed by atoms with Crippen molar-refractivity contribution in [3.63, 3.8) is 0 Å². The summed E-state index contributed by atoms with van der Waals surface area (Å²) in [6, 6.07) is 0. The fourth-order valence-electron chi connectivity index (χ4n) is 2.99. The van der Waals surface area contributed by atoms with Gasteiger partial charge in [0.15, 0.2) is 17.4 Å². The minimum Gasteiger partial charge on any atom is -0.387 e. The number of anilines is 1. The van der Waals surface area contributed by atoms with Gasteiger partial charge in [0, 0.05) is 0 Å². The molecule has 1 saturated heterocycles. The zero-order valence-electron chi connectivity index (χ0n) is 18.7. The van der Waals surface area contributed by atoms with Crippen LogP contribution in [-0.4, -0.2) is 84.0 Å². The molecule has 0 amide bonds. The van der Waals surface area contributed by atoms with Gasteiger partial charge in [0.25, 0.3) is 5.56 Å². The van der Waals surface area contributed by atoms with Gasteiger partial charge in [-0.2, -0.15) is 22.2 Å². The lowest BCUT2D eigenvalue weighted by molar-refractivity contribution is -0.0503. The fourth-order valence-corrected chi connectivity index (χ4v) is 8.88. The molecular weight excluding hydrogens is 665 g/mol. The molecule has 8 unspecified atom stereocenters. The van der Waals surface area contributed by atoms with Crippen LogP contribution in [0.1, 0.15) is 6.23 Å². The van der Waals surface area contributed by atoms with Crippen molar-refractivity contribution in [3.05, 3.63) is 16.7 Å². The maximum Gasteiger partial charge on any atom is 0.490 e. The maximum atomic E-state index is 12.1. The Balaban J connectivity index is 1.65. The quantitative estimate of drug-likeness (QED) is 0.107. The average Bonchev–Trinajstić information content (AvgIpc) is 3.23. The molecule has 0 radical (unpaired) electrons. The van der Waals surface area contributed by atoms with E-state index >= 15 is 0 Å². The average molecular weight is 683 g/mol. The van der Waals surface area contributed by atoms with E-state index in [0.717, 1.165) is 10.9 Å². The number of imidazole rings is 1. The molecule has 3 heterocycles. The minimum atomic E-state index is -6.28. The zero-order chi connectivity index (χ0) is 30.5. The van der Waals surface area contributed by atoms with Crippen LogP contribution in [0.3, 0.4) is 0 Å². The molecule has 40 heavy (non-hydrogen) atoms. The van der Waals surface area contributed by atoms with Crippen LogP contribution in [0.4, 0.5) is 5.95 Å². The number of aliphatic hydroxyl groups is 2. The van der Waals surface area contributed by atoms with Crippen molar-refractivity contribution >= 4 is 56.2 Å². The smallest absolute Gasteiger partial charge is 0.387 e. The van der Waals surface area contributed by atoms with Crippen LogP contribution in [0, 0.1) is 0 Å². The lowest BCUT2D eigenvalue weighted by Crippen LogP contribution is -2.33. The molecular formula is C10H18N5O20P5. The second-order valence-electron chi connectivity index (χ2n) is 7.31. The molecule has 1 fully saturated rings. The predicted octanol–water partition coefficient (Wildman–Crippen LogP) is -2.10. The Kier molecular flexibility index (Phi) is 9.51. The molecule has 1 aliphatic rings. The highest BCUT2D eigenvalue weighted by Gasteiger charge is 2.49. The van der Waals surface area contributed by atoms with Gasteiger partial charge >= 0.3 is 39.1 Å². The van der Waals surface area contributed by atoms with E-state index in [2.05, 4.69) is 36.7 Å². The van der Waals surface area contributed by atoms with Crippen molar-refractivity contribution in [2.75, 3.05) is 12.3 Å². The molecule has 0 bridgehead atoms. The molecule has 8 atom stereocenters. The van der Waals surface area contributed by atoms with Crippen molar-refractivity contribution < 1.29 is 88.9 Å². The van der Waals surface area contributed by atoms with Crippen molar-refractivity contribution in [3.8, 4) is 0 Å². The summed E-state index contributed by atoms with van der Waals surface area (Å²) in [5, 5.41) is 20.6. The Bertz CT molecular complexity index is 1570. The summed E-state index contributed by atoms with van der Waals surface area (Å²) in [6.07, 6.45) is -5.91. The molecule has 11 N–H and O–H groups in total. The van der Waals surface area contributed by atoms with E-state index < -0.39 is 75.8 Å². The Morgan fingerprint density at radius 2 is 1.43 bits per heavy atom. The lowest BCUT2D eigenvalue weighted by Gasteiger charge is -2.20. The van der Waals surface area contributed by atoms with Gasteiger partial charge in [0.05, 0.1) is 12.9 Å². The second-order valence-corrected chi connectivity index (χ2v) is 14.9. The highest BCUT2D eigenvalue weighted by molar-refractivity contribution is 7.71. The van der Waals surface area contributed by atoms with Crippen LogP contribution in [0.25, 0.3) is 11.2 Å². The molecule has 25 nitrogen and oxygen atoms in total. The van der Waals surface area contributed by atoms with Gasteiger partial charge in [-0.05, 0) is 0 Å². The first-order valence-corrected chi connectivity index (χ1v) is 17.1. The third-order valence-corrected chi connectivity index (χ3v) is 11.4. The van der Waals surface area contributed by atoms with Crippen LogP contribution >= 0.6 is 39.1 Å². The van der Waals surface area contributed by atoms with Crippen LogP contribution in [-0.2, 0) is 49.3 Å². The van der Waals surface area contributed by atoms with Crippen molar-refractivity contribution in [1.82, 2.24) is 19.5 Å². The highest BCUT2D eigenvalue weighted by atomic mass is 31.3. The number of H-pyrrole nitrogens is 1. The normalized spacial score (nSPS) is 28.0. The van der Waals surface area contributed by atoms with Gasteiger partial charge in [0.1, 0.15) is 18.3 Å². The van der Waals surface area contributed by atoms with Crippen molar-refractivity contribution in [2.45, 2.75) is 24.5 Å². The van der Waals surface area contributed by atoms with Gasteiger partial charge in [0.2, 0.25) is 5.95 Å². The Morgan fingerprint density at radius 1 is 0.900 bits per heavy atom. The van der Waals surface area contributed by atoms with E-state index in [1.807, 2.05) is 0 Å². The lowest BCUT2D eigenvalue weighted by atomic mass is 10.1. The molecule has 0 aromatic carbocycles. The SMILES string of the molecule is Nc1nc2c(ncn2C2OC(COP(=O)(O)OP(=O)(O)OP(=O)(O)OP(=O)(O)OP(=O)(O)O)C(O)C2O)c(=O)[nH]1. The summed E-state index contributed by atoms with van der Waals surface area (Å²) in [6.45, 7) is -1.18. The van der Waals surface area contributed by atoms with E-state index in [1.165, 1.54) is 0 Å². The number of aromatic nitrogens is 4. The number of nitrogens with zero attached hydrogens (tertiary/aromatic N) is 3. The molecule has 0 aliphatic carbocycles. The number of phosphoric ester groups is 1. The number of nitrogens with one attached hydrogen (secondary N) is 1. The first-order chi connectivity index (χ1) is 18.0. The number of hydrogen-bond acceptors (Lipinski definition) is 17. The monoisotopic (exact) mass is 683 g/mol. The molecule has 228 valence electrons. The molecule has 3 rings (SSSR count). The van der Waals surface area contributed by atoms with E-state index in [9.17, 15) is 52.5 Å². The van der Waals surface area contributed by atoms with Gasteiger partial charge in [-0.3, -0.25) is 18.9 Å². The van der Waals surface area contributed by atoms with Crippen LogP contribution in [0.5, 0.6) is 0 Å². The number of fused-ring (bicyclic) bond motifs is 1. The largest absolute Gasteiger partial charge is 0.490 e. The Morgan fingerprint density at radius 3 is 1.98 bits per heavy atom. The molecule has 0 spiro atoms. The number of nitrogens with two attached hydrogens (primary N) is 1. The van der Waals surface area contributed by atoms with E-state index in [4.69, 9.17) is 25.2 Å². The van der Waals surface area contributed by atoms with Gasteiger partial charge in [-0.25, -0.2) is 27.8 Å². The van der Waals surface area contributed by atoms with Gasteiger partial charge in [-0.15, -0.1) is 0 Å². The van der Waals surface area contributed by atoms with E-state index in [-0.39, 0.29) is 17.1 Å². The number of aromatic amines is 1. The summed E-state index contributed by atoms with van der Waals surface area (Å²) in [5.74, 6) is -0.338. The number of phosphoric acid groups is 5. The summed E-state index contributed by atoms with van der Waals surface area (Å²) < 4.78 is 81.8. The zero-order valence-corrected chi connectivity index (χ0v) is 23.2. The van der Waals surface area contributed by atoms with Crippen LogP contribution in [0.15, 0.2) is 11.1 Å². The summed E-state index contributed by atoms with van der Waals surface area (Å²) in [5.41, 5.74) is 4.29. The second kappa shape index (κ2) is 11.4. The van der Waals surface area contributed by atoms with Crippen LogP contribution in [0.2, 0.25) is 0 Å². The third-order valence-electron chi connectivity index (χ3n) is 4.29. The van der Waals surface area contributed by atoms with Gasteiger partial charge in [-0.1, -0.05) is 0 Å². The maximum absolute atomic E-state index is 12.1. The summed E-state index contributed by atoms with van der Waals surface area (Å²) in [7, 11) is -30.2. The molecule has 2 aromatic heterocycles. The number of rotatable bonds is 12. The van der Waals surface area contributed by atoms with Gasteiger partial charge < -0.3 is 50.0 Å². The number of ether oxygens (including phenoxy) is 1. The number of nitrogen functional groups attached to an aromatic ring is 1. The third kappa shape index (κ3) is 8.63. The first kappa shape index (κ1) is 33.2. The number of hydrogen-bond donors (Lipinski definition) is 10. The molecule has 30 heteroatoms. The first-order valence-electron chi connectivity index (χ1n) is 9.60. The standard InChI is InChI=1S/C10H18N5O20P5/c11-10-13-7-4(8(18)14-10)12-2-15(7)9-6(17)5(16)3(31-9)1-30-37(22,23)33-39(26,27)35-40(28,29)34-38(24,25)32-36(19,20)21/h2-3,5-6,9,16-17H,1H2,(H,22,23)(H,24,25)(H,26,27)(H,28,29)(H2,19,20,21)(H3,11,13,14,18). The fraction of sp³-hybridized carbons (Fsp3) is 0.500. The molecule has 2 aromatic rings. The van der Waals surface area contributed by atoms with E-state index in [1.54, 1.807) is 0 Å². The van der Waals surface area contributed by atoms with E-state index in [0.29, 0.717) is 0 Å². The van der Waals surface area contributed by atoms with Crippen molar-refractivity contribution in [1.29, 1.82) is 0 Å². The highest BCUT2D eigenvalue weighted by Crippen LogP contribution is 2.73. The summed E-state index contributed by atoms with van der Waals surface area (Å²) >= 11 is 0. The van der Waals surface area contributed by atoms with Crippen LogP contribution < -0.4 is 11.3 Å². The number of aliphatic hydroxyl groups excluding tert-OH is 2. The summed E-state index contributed by atoms with van der Waals surface area (Å²) in [4.78, 5) is 76.0. The predicted molar refractivity (Wildman–Crippen MR) is 120 cm³/mol. The Labute approximate surface area is 218 Å². The topological polar surface area (TPSA) is 392 Å². The minimum absolute atomic E-state index is 0.192.